The summed E-state index contributed by atoms with van der Waals surface area (Å²) in [7, 11) is 1.74. The van der Waals surface area contributed by atoms with Gasteiger partial charge in [-0.2, -0.15) is 0 Å². The summed E-state index contributed by atoms with van der Waals surface area (Å²) in [6, 6.07) is 15.2. The van der Waals surface area contributed by atoms with E-state index in [4.69, 9.17) is 0 Å². The molecule has 0 spiro atoms. The normalized spacial score (nSPS) is 16.0. The van der Waals surface area contributed by atoms with Crippen molar-refractivity contribution >= 4 is 23.4 Å². The van der Waals surface area contributed by atoms with Gasteiger partial charge in [0.15, 0.2) is 0 Å². The minimum absolute atomic E-state index is 0.0236. The Kier molecular flexibility index (Phi) is 5.78. The zero-order valence-corrected chi connectivity index (χ0v) is 16.4. The smallest absolute Gasteiger partial charge is 0.253 e. The summed E-state index contributed by atoms with van der Waals surface area (Å²) in [6.45, 7) is 4.19. The van der Waals surface area contributed by atoms with Crippen LogP contribution in [0.3, 0.4) is 0 Å². The van der Waals surface area contributed by atoms with Crippen LogP contribution in [0, 0.1) is 0 Å². The quantitative estimate of drug-likeness (QED) is 0.888. The SMILES string of the molecule is CC(=O)N[C@H]1CCN(C(=O)c2cccc(-c3ccc(N(C)C(C)=O)cc3)c2)C1. The molecular weight excluding hydrogens is 354 g/mol. The Labute approximate surface area is 165 Å². The second-order valence-electron chi connectivity index (χ2n) is 7.14. The number of hydrogen-bond donors (Lipinski definition) is 1. The van der Waals surface area contributed by atoms with Crippen molar-refractivity contribution in [1.29, 1.82) is 0 Å². The fourth-order valence-electron chi connectivity index (χ4n) is 3.42. The molecule has 146 valence electrons. The highest BCUT2D eigenvalue weighted by Gasteiger charge is 2.27. The standard InChI is InChI=1S/C22H25N3O3/c1-15(26)23-20-11-12-25(14-20)22(28)19-6-4-5-18(13-19)17-7-9-21(10-8-17)24(3)16(2)27/h4-10,13,20H,11-12,14H2,1-3H3,(H,23,26)/t20-/m0/s1. The Balaban J connectivity index is 1.74. The first-order valence-electron chi connectivity index (χ1n) is 9.36. The van der Waals surface area contributed by atoms with E-state index in [1.54, 1.807) is 16.8 Å². The second kappa shape index (κ2) is 8.25. The molecule has 0 aromatic heterocycles. The van der Waals surface area contributed by atoms with Crippen LogP contribution in [0.25, 0.3) is 11.1 Å². The van der Waals surface area contributed by atoms with Gasteiger partial charge in [0.25, 0.3) is 5.91 Å². The maximum absolute atomic E-state index is 12.8. The molecule has 0 saturated carbocycles. The van der Waals surface area contributed by atoms with Gasteiger partial charge in [-0.3, -0.25) is 14.4 Å². The number of nitrogens with zero attached hydrogens (tertiary/aromatic N) is 2. The molecule has 1 saturated heterocycles. The molecule has 0 bridgehead atoms. The third kappa shape index (κ3) is 4.39. The van der Waals surface area contributed by atoms with Gasteiger partial charge in [-0.25, -0.2) is 0 Å². The van der Waals surface area contributed by atoms with Gasteiger partial charge in [-0.15, -0.1) is 0 Å². The molecule has 1 aliphatic heterocycles. The Morgan fingerprint density at radius 1 is 1.04 bits per heavy atom. The van der Waals surface area contributed by atoms with Crippen LogP contribution in [0.5, 0.6) is 0 Å². The molecule has 1 aliphatic rings. The lowest BCUT2D eigenvalue weighted by Gasteiger charge is -2.18. The predicted molar refractivity (Wildman–Crippen MR) is 109 cm³/mol. The van der Waals surface area contributed by atoms with E-state index in [2.05, 4.69) is 5.32 Å². The van der Waals surface area contributed by atoms with Crippen LogP contribution in [0.2, 0.25) is 0 Å². The number of hydrogen-bond acceptors (Lipinski definition) is 3. The molecule has 0 aliphatic carbocycles. The number of rotatable bonds is 4. The first kappa shape index (κ1) is 19.6. The first-order valence-corrected chi connectivity index (χ1v) is 9.36. The van der Waals surface area contributed by atoms with Crippen molar-refractivity contribution in [1.82, 2.24) is 10.2 Å². The van der Waals surface area contributed by atoms with Crippen LogP contribution in [0.15, 0.2) is 48.5 Å². The van der Waals surface area contributed by atoms with Gasteiger partial charge >= 0.3 is 0 Å². The Morgan fingerprint density at radius 2 is 1.75 bits per heavy atom. The van der Waals surface area contributed by atoms with Gasteiger partial charge in [0.1, 0.15) is 0 Å². The van der Waals surface area contributed by atoms with E-state index in [9.17, 15) is 14.4 Å². The Morgan fingerprint density at radius 3 is 2.39 bits per heavy atom. The monoisotopic (exact) mass is 379 g/mol. The zero-order valence-electron chi connectivity index (χ0n) is 16.4. The largest absolute Gasteiger partial charge is 0.352 e. The van der Waals surface area contributed by atoms with Crippen molar-refractivity contribution in [3.63, 3.8) is 0 Å². The van der Waals surface area contributed by atoms with Crippen molar-refractivity contribution in [2.45, 2.75) is 26.3 Å². The summed E-state index contributed by atoms with van der Waals surface area (Å²) in [5.74, 6) is -0.119. The molecule has 3 rings (SSSR count). The second-order valence-corrected chi connectivity index (χ2v) is 7.14. The van der Waals surface area contributed by atoms with Gasteiger partial charge in [0, 0.05) is 51.3 Å². The number of amides is 3. The van der Waals surface area contributed by atoms with Gasteiger partial charge < -0.3 is 15.1 Å². The van der Waals surface area contributed by atoms with Crippen molar-refractivity contribution in [3.05, 3.63) is 54.1 Å². The van der Waals surface area contributed by atoms with E-state index >= 15 is 0 Å². The van der Waals surface area contributed by atoms with Crippen LogP contribution in [0.1, 0.15) is 30.6 Å². The zero-order chi connectivity index (χ0) is 20.3. The van der Waals surface area contributed by atoms with Crippen LogP contribution < -0.4 is 10.2 Å². The van der Waals surface area contributed by atoms with Crippen LogP contribution in [0.4, 0.5) is 5.69 Å². The number of benzene rings is 2. The molecule has 2 aromatic rings. The maximum Gasteiger partial charge on any atom is 0.253 e. The molecule has 1 N–H and O–H groups in total. The van der Waals surface area contributed by atoms with E-state index in [0.29, 0.717) is 18.7 Å². The maximum atomic E-state index is 12.8. The number of anilines is 1. The van der Waals surface area contributed by atoms with E-state index in [-0.39, 0.29) is 23.8 Å². The number of carbonyl (C=O) groups excluding carboxylic acids is 3. The number of likely N-dealkylation sites (tertiary alicyclic amines) is 1. The Bertz CT molecular complexity index is 892. The number of nitrogens with one attached hydrogen (secondary N) is 1. The highest BCUT2D eigenvalue weighted by atomic mass is 16.2. The first-order chi connectivity index (χ1) is 13.3. The lowest BCUT2D eigenvalue weighted by Crippen LogP contribution is -2.37. The van der Waals surface area contributed by atoms with Crippen molar-refractivity contribution in [2.75, 3.05) is 25.0 Å². The third-order valence-corrected chi connectivity index (χ3v) is 5.05. The van der Waals surface area contributed by atoms with Crippen molar-refractivity contribution in [2.24, 2.45) is 0 Å². The summed E-state index contributed by atoms with van der Waals surface area (Å²) in [4.78, 5) is 38.9. The van der Waals surface area contributed by atoms with Crippen LogP contribution >= 0.6 is 0 Å². The molecule has 2 aromatic carbocycles. The number of carbonyl (C=O) groups is 3. The topological polar surface area (TPSA) is 69.7 Å². The molecule has 1 heterocycles. The highest BCUT2D eigenvalue weighted by Crippen LogP contribution is 2.25. The van der Waals surface area contributed by atoms with Gasteiger partial charge in [-0.1, -0.05) is 24.3 Å². The van der Waals surface area contributed by atoms with E-state index in [1.807, 2.05) is 48.5 Å². The third-order valence-electron chi connectivity index (χ3n) is 5.05. The van der Waals surface area contributed by atoms with Gasteiger partial charge in [-0.05, 0) is 41.8 Å². The molecule has 6 heteroatoms. The fraction of sp³-hybridized carbons (Fsp3) is 0.318. The lowest BCUT2D eigenvalue weighted by molar-refractivity contribution is -0.119. The van der Waals surface area contributed by atoms with Gasteiger partial charge in [0.2, 0.25) is 11.8 Å². The van der Waals surface area contributed by atoms with E-state index in [1.165, 1.54) is 13.8 Å². The highest BCUT2D eigenvalue weighted by molar-refractivity contribution is 5.96. The van der Waals surface area contributed by atoms with E-state index < -0.39 is 0 Å². The summed E-state index contributed by atoms with van der Waals surface area (Å²) in [6.07, 6.45) is 0.774. The van der Waals surface area contributed by atoms with E-state index in [0.717, 1.165) is 23.2 Å². The average Bonchev–Trinajstić information content (AvgIpc) is 3.14. The molecule has 6 nitrogen and oxygen atoms in total. The van der Waals surface area contributed by atoms with Crippen molar-refractivity contribution < 1.29 is 14.4 Å². The molecule has 1 fully saturated rings. The lowest BCUT2D eigenvalue weighted by atomic mass is 10.0. The molecule has 3 amide bonds. The van der Waals surface area contributed by atoms with Gasteiger partial charge in [0.05, 0.1) is 0 Å². The van der Waals surface area contributed by atoms with Crippen molar-refractivity contribution in [3.8, 4) is 11.1 Å². The average molecular weight is 379 g/mol. The molecule has 1 atom stereocenters. The summed E-state index contributed by atoms with van der Waals surface area (Å²) in [5.41, 5.74) is 3.38. The van der Waals surface area contributed by atoms with Crippen LogP contribution in [-0.4, -0.2) is 48.8 Å². The molecule has 0 unspecified atom stereocenters. The summed E-state index contributed by atoms with van der Waals surface area (Å²) < 4.78 is 0. The minimum Gasteiger partial charge on any atom is -0.352 e. The summed E-state index contributed by atoms with van der Waals surface area (Å²) >= 11 is 0. The fourth-order valence-corrected chi connectivity index (χ4v) is 3.42. The molecule has 0 radical (unpaired) electrons. The molecule has 28 heavy (non-hydrogen) atoms. The molecular formula is C22H25N3O3. The summed E-state index contributed by atoms with van der Waals surface area (Å²) in [5, 5.41) is 2.88. The Hall–Kier alpha value is -3.15. The van der Waals surface area contributed by atoms with Crippen LogP contribution in [-0.2, 0) is 9.59 Å². The minimum atomic E-state index is -0.0693. The predicted octanol–water partition coefficient (Wildman–Crippen LogP) is 2.69.